The Labute approximate surface area is 281 Å². The minimum absolute atomic E-state index is 0.137. The summed E-state index contributed by atoms with van der Waals surface area (Å²) in [7, 11) is 0. The molecule has 4 aromatic carbocycles. The monoisotopic (exact) mass is 640 g/mol. The number of aromatic hydroxyl groups is 1. The molecule has 2 saturated heterocycles. The number of phenols is 1. The minimum Gasteiger partial charge on any atom is -0.508 e. The van der Waals surface area contributed by atoms with Gasteiger partial charge in [0.25, 0.3) is 5.91 Å². The maximum atomic E-state index is 13.1. The minimum atomic E-state index is -0.596. The average Bonchev–Trinajstić information content (AvgIpc) is 3.43. The van der Waals surface area contributed by atoms with Gasteiger partial charge in [0.1, 0.15) is 11.8 Å². The van der Waals surface area contributed by atoms with Gasteiger partial charge in [-0.15, -0.1) is 0 Å². The van der Waals surface area contributed by atoms with Gasteiger partial charge >= 0.3 is 0 Å². The van der Waals surface area contributed by atoms with Gasteiger partial charge in [-0.1, -0.05) is 73.7 Å². The maximum Gasteiger partial charge on any atom is 0.255 e. The first-order valence-corrected chi connectivity index (χ1v) is 16.8. The van der Waals surface area contributed by atoms with E-state index < -0.39 is 6.04 Å². The summed E-state index contributed by atoms with van der Waals surface area (Å²) in [4.78, 5) is 43.6. The molecule has 3 heterocycles. The number of amides is 3. The highest BCUT2D eigenvalue weighted by atomic mass is 16.3. The van der Waals surface area contributed by atoms with Crippen molar-refractivity contribution >= 4 is 34.6 Å². The Morgan fingerprint density at radius 2 is 1.50 bits per heavy atom. The number of nitrogens with one attached hydrogen (secondary N) is 1. The number of rotatable bonds is 8. The lowest BCUT2D eigenvalue weighted by Crippen LogP contribution is -2.52. The topological polar surface area (TPSA) is 93.2 Å². The molecule has 0 saturated carbocycles. The van der Waals surface area contributed by atoms with Crippen molar-refractivity contribution < 1.29 is 19.5 Å². The van der Waals surface area contributed by atoms with Crippen LogP contribution in [0.25, 0.3) is 11.1 Å². The summed E-state index contributed by atoms with van der Waals surface area (Å²) in [5, 5.41) is 12.3. The van der Waals surface area contributed by atoms with Crippen LogP contribution >= 0.6 is 0 Å². The van der Waals surface area contributed by atoms with E-state index in [0.717, 1.165) is 61.4 Å². The molecule has 8 nitrogen and oxygen atoms in total. The Bertz CT molecular complexity index is 1860. The first-order chi connectivity index (χ1) is 23.4. The molecule has 0 bridgehead atoms. The highest BCUT2D eigenvalue weighted by Crippen LogP contribution is 2.36. The van der Waals surface area contributed by atoms with Crippen LogP contribution in [-0.4, -0.2) is 64.8 Å². The lowest BCUT2D eigenvalue weighted by molar-refractivity contribution is -0.136. The molecular formula is C40H40N4O4. The number of piperazine rings is 1. The van der Waals surface area contributed by atoms with Gasteiger partial charge in [0.2, 0.25) is 11.8 Å². The van der Waals surface area contributed by atoms with Crippen molar-refractivity contribution in [3.63, 3.8) is 0 Å². The van der Waals surface area contributed by atoms with E-state index in [2.05, 4.69) is 76.6 Å². The third-order valence-electron chi connectivity index (χ3n) is 9.82. The van der Waals surface area contributed by atoms with Crippen molar-refractivity contribution in [3.8, 4) is 5.75 Å². The van der Waals surface area contributed by atoms with Crippen molar-refractivity contribution in [2.45, 2.75) is 45.3 Å². The third kappa shape index (κ3) is 6.36. The summed E-state index contributed by atoms with van der Waals surface area (Å²) in [6.07, 6.45) is 1.50. The molecule has 1 atom stereocenters. The molecule has 8 heteroatoms. The van der Waals surface area contributed by atoms with E-state index in [1.54, 1.807) is 17.0 Å². The van der Waals surface area contributed by atoms with Gasteiger partial charge in [0.05, 0.1) is 0 Å². The largest absolute Gasteiger partial charge is 0.508 e. The van der Waals surface area contributed by atoms with Gasteiger partial charge in [-0.3, -0.25) is 24.6 Å². The quantitative estimate of drug-likeness (QED) is 0.186. The lowest BCUT2D eigenvalue weighted by atomic mass is 9.88. The fraction of sp³-hybridized carbons (Fsp3) is 0.275. The summed E-state index contributed by atoms with van der Waals surface area (Å²) >= 11 is 0. The summed E-state index contributed by atoms with van der Waals surface area (Å²) in [6, 6.07) is 32.3. The molecule has 3 amide bonds. The van der Waals surface area contributed by atoms with Crippen molar-refractivity contribution in [1.82, 2.24) is 15.1 Å². The molecule has 0 aliphatic carbocycles. The number of imide groups is 1. The van der Waals surface area contributed by atoms with Gasteiger partial charge in [0, 0.05) is 56.9 Å². The van der Waals surface area contributed by atoms with E-state index in [4.69, 9.17) is 0 Å². The van der Waals surface area contributed by atoms with Gasteiger partial charge in [-0.2, -0.15) is 0 Å². The molecule has 3 aliphatic heterocycles. The Hall–Kier alpha value is -5.21. The van der Waals surface area contributed by atoms with Gasteiger partial charge < -0.3 is 14.9 Å². The fourth-order valence-corrected chi connectivity index (χ4v) is 7.30. The van der Waals surface area contributed by atoms with Crippen molar-refractivity contribution in [1.29, 1.82) is 0 Å². The predicted octanol–water partition coefficient (Wildman–Crippen LogP) is 5.84. The molecule has 3 aliphatic rings. The standard InChI is InChI=1S/C40H40N4O4/c1-2-34(28-6-4-3-5-7-28)38(30-11-15-33(45)16-12-30)29-9-13-32(14-10-29)43-22-20-42(21-23-43)25-27-8-17-35-31(24-27)26-44(40(35)48)36-18-19-37(46)41-39(36)47/h3-17,24,36,45H,2,18-23,25-26H2,1H3,(H,41,46,47). The second-order valence-electron chi connectivity index (χ2n) is 12.8. The van der Waals surface area contributed by atoms with Gasteiger partial charge in [0.15, 0.2) is 0 Å². The summed E-state index contributed by atoms with van der Waals surface area (Å²) in [5.41, 5.74) is 9.82. The molecule has 4 aromatic rings. The molecule has 2 fully saturated rings. The molecule has 7 rings (SSSR count). The lowest BCUT2D eigenvalue weighted by Gasteiger charge is -2.36. The van der Waals surface area contributed by atoms with Crippen LogP contribution in [0.4, 0.5) is 5.69 Å². The number of benzene rings is 4. The highest BCUT2D eigenvalue weighted by Gasteiger charge is 2.39. The molecule has 0 spiro atoms. The smallest absolute Gasteiger partial charge is 0.255 e. The van der Waals surface area contributed by atoms with E-state index in [-0.39, 0.29) is 29.9 Å². The molecule has 0 radical (unpaired) electrons. The van der Waals surface area contributed by atoms with E-state index >= 15 is 0 Å². The Morgan fingerprint density at radius 3 is 2.17 bits per heavy atom. The second kappa shape index (κ2) is 13.5. The Kier molecular flexibility index (Phi) is 8.82. The zero-order valence-electron chi connectivity index (χ0n) is 27.2. The molecule has 0 aromatic heterocycles. The first kappa shape index (κ1) is 31.4. The van der Waals surface area contributed by atoms with Crippen LogP contribution in [0.3, 0.4) is 0 Å². The summed E-state index contributed by atoms with van der Waals surface area (Å²) in [6.45, 7) is 7.06. The van der Waals surface area contributed by atoms with E-state index in [1.807, 2.05) is 30.3 Å². The number of piperidine rings is 1. The van der Waals surface area contributed by atoms with Crippen molar-refractivity contribution in [2.24, 2.45) is 0 Å². The Morgan fingerprint density at radius 1 is 0.812 bits per heavy atom. The number of carbonyl (C=O) groups is 3. The predicted molar refractivity (Wildman–Crippen MR) is 187 cm³/mol. The van der Waals surface area contributed by atoms with E-state index in [9.17, 15) is 19.5 Å². The van der Waals surface area contributed by atoms with E-state index in [0.29, 0.717) is 18.5 Å². The van der Waals surface area contributed by atoms with Crippen LogP contribution in [0.15, 0.2) is 97.1 Å². The molecule has 2 N–H and O–H groups in total. The third-order valence-corrected chi connectivity index (χ3v) is 9.82. The van der Waals surface area contributed by atoms with Crippen LogP contribution in [0.1, 0.15) is 64.4 Å². The first-order valence-electron chi connectivity index (χ1n) is 16.8. The van der Waals surface area contributed by atoms with Gasteiger partial charge in [-0.25, -0.2) is 0 Å². The van der Waals surface area contributed by atoms with Crippen LogP contribution in [0.2, 0.25) is 0 Å². The van der Waals surface area contributed by atoms with Gasteiger partial charge in [-0.05, 0) is 82.1 Å². The second-order valence-corrected chi connectivity index (χ2v) is 12.8. The average molecular weight is 641 g/mol. The number of allylic oxidation sites excluding steroid dienone is 1. The molecular weight excluding hydrogens is 600 g/mol. The van der Waals surface area contributed by atoms with Crippen LogP contribution in [0.5, 0.6) is 5.75 Å². The van der Waals surface area contributed by atoms with Crippen LogP contribution in [0, 0.1) is 0 Å². The SMILES string of the molecule is CCC(=C(c1ccc(O)cc1)c1ccc(N2CCN(Cc3ccc4c(c3)CN(C3CCC(=O)NC3=O)C4=O)CC2)cc1)c1ccccc1. The van der Waals surface area contributed by atoms with Crippen molar-refractivity contribution in [3.05, 3.63) is 130 Å². The highest BCUT2D eigenvalue weighted by molar-refractivity contribution is 6.05. The maximum absolute atomic E-state index is 13.1. The summed E-state index contributed by atoms with van der Waals surface area (Å²) in [5.74, 6) is -0.538. The molecule has 48 heavy (non-hydrogen) atoms. The van der Waals surface area contributed by atoms with Crippen LogP contribution < -0.4 is 10.2 Å². The number of fused-ring (bicyclic) bond motifs is 1. The molecule has 1 unspecified atom stereocenters. The normalized spacial score (nSPS) is 18.9. The van der Waals surface area contributed by atoms with Crippen LogP contribution in [-0.2, 0) is 22.7 Å². The summed E-state index contributed by atoms with van der Waals surface area (Å²) < 4.78 is 0. The number of hydrogen-bond donors (Lipinski definition) is 2. The fourth-order valence-electron chi connectivity index (χ4n) is 7.30. The zero-order chi connectivity index (χ0) is 33.2. The molecule has 244 valence electrons. The van der Waals surface area contributed by atoms with E-state index in [1.165, 1.54) is 22.4 Å². The number of carbonyl (C=O) groups excluding carboxylic acids is 3. The number of hydrogen-bond acceptors (Lipinski definition) is 6. The zero-order valence-corrected chi connectivity index (χ0v) is 27.2. The number of nitrogens with zero attached hydrogens (tertiary/aromatic N) is 3. The Balaban J connectivity index is 1.01. The number of anilines is 1. The number of phenolic OH excluding ortho intramolecular Hbond substituents is 1. The van der Waals surface area contributed by atoms with Crippen molar-refractivity contribution in [2.75, 3.05) is 31.1 Å².